The maximum atomic E-state index is 12.3. The van der Waals surface area contributed by atoms with Crippen LogP contribution in [0.1, 0.15) is 15.8 Å². The number of hydrogen-bond acceptors (Lipinski definition) is 5. The third-order valence-corrected chi connectivity index (χ3v) is 4.47. The first-order valence-electron chi connectivity index (χ1n) is 6.32. The van der Waals surface area contributed by atoms with Crippen LogP contribution in [0.15, 0.2) is 36.7 Å². The molecular weight excluding hydrogens is 274 g/mol. The molecule has 6 nitrogen and oxygen atoms in total. The SMILES string of the molecule is O=C(c1nc2ccccc2s1)N1CC(n2ccnn2)C1. The Bertz CT molecular complexity index is 727. The maximum Gasteiger partial charge on any atom is 0.283 e. The largest absolute Gasteiger partial charge is 0.332 e. The second kappa shape index (κ2) is 4.38. The van der Waals surface area contributed by atoms with Gasteiger partial charge in [0.15, 0.2) is 5.01 Å². The summed E-state index contributed by atoms with van der Waals surface area (Å²) in [6, 6.07) is 8.03. The van der Waals surface area contributed by atoms with E-state index in [9.17, 15) is 4.79 Å². The summed E-state index contributed by atoms with van der Waals surface area (Å²) < 4.78 is 2.84. The number of benzene rings is 1. The van der Waals surface area contributed by atoms with Gasteiger partial charge in [-0.15, -0.1) is 16.4 Å². The number of fused-ring (bicyclic) bond motifs is 1. The van der Waals surface area contributed by atoms with Crippen molar-refractivity contribution in [3.8, 4) is 0 Å². The predicted octanol–water partition coefficient (Wildman–Crippen LogP) is 1.58. The molecule has 1 aliphatic heterocycles. The molecule has 7 heteroatoms. The molecule has 0 spiro atoms. The molecule has 0 radical (unpaired) electrons. The van der Waals surface area contributed by atoms with Crippen molar-refractivity contribution in [2.75, 3.05) is 13.1 Å². The molecule has 3 heterocycles. The minimum absolute atomic E-state index is 0.00238. The molecule has 2 aromatic heterocycles. The number of likely N-dealkylation sites (tertiary alicyclic amines) is 1. The van der Waals surface area contributed by atoms with Gasteiger partial charge in [0.1, 0.15) is 0 Å². The van der Waals surface area contributed by atoms with E-state index in [0.717, 1.165) is 10.2 Å². The molecule has 1 aliphatic rings. The van der Waals surface area contributed by atoms with Gasteiger partial charge in [-0.25, -0.2) is 9.67 Å². The summed E-state index contributed by atoms with van der Waals surface area (Å²) in [6.45, 7) is 1.33. The van der Waals surface area contributed by atoms with Crippen molar-refractivity contribution >= 4 is 27.5 Å². The van der Waals surface area contributed by atoms with Crippen LogP contribution in [0, 0.1) is 0 Å². The lowest BCUT2D eigenvalue weighted by Gasteiger charge is -2.38. The number of thiazole rings is 1. The molecule has 1 amide bonds. The van der Waals surface area contributed by atoms with Gasteiger partial charge in [-0.3, -0.25) is 4.79 Å². The summed E-state index contributed by atoms with van der Waals surface area (Å²) in [4.78, 5) is 18.5. The quantitative estimate of drug-likeness (QED) is 0.717. The number of carbonyl (C=O) groups excluding carboxylic acids is 1. The van der Waals surface area contributed by atoms with E-state index in [4.69, 9.17) is 0 Å². The van der Waals surface area contributed by atoms with E-state index in [0.29, 0.717) is 18.1 Å². The Labute approximate surface area is 118 Å². The van der Waals surface area contributed by atoms with Gasteiger partial charge in [0.25, 0.3) is 5.91 Å². The zero-order valence-corrected chi connectivity index (χ0v) is 11.3. The van der Waals surface area contributed by atoms with E-state index in [1.54, 1.807) is 15.8 Å². The Hall–Kier alpha value is -2.28. The van der Waals surface area contributed by atoms with E-state index in [-0.39, 0.29) is 11.9 Å². The van der Waals surface area contributed by atoms with Crippen LogP contribution in [0.4, 0.5) is 0 Å². The Kier molecular flexibility index (Phi) is 2.53. The van der Waals surface area contributed by atoms with Crippen molar-refractivity contribution in [1.82, 2.24) is 24.9 Å². The Morgan fingerprint density at radius 3 is 2.90 bits per heavy atom. The van der Waals surface area contributed by atoms with Crippen molar-refractivity contribution in [2.45, 2.75) is 6.04 Å². The van der Waals surface area contributed by atoms with Crippen molar-refractivity contribution in [3.63, 3.8) is 0 Å². The highest BCUT2D eigenvalue weighted by atomic mass is 32.1. The second-order valence-electron chi connectivity index (χ2n) is 4.73. The second-order valence-corrected chi connectivity index (χ2v) is 5.76. The fourth-order valence-electron chi connectivity index (χ4n) is 2.30. The van der Waals surface area contributed by atoms with Crippen molar-refractivity contribution in [3.05, 3.63) is 41.7 Å². The third kappa shape index (κ3) is 1.78. The Balaban J connectivity index is 1.51. The van der Waals surface area contributed by atoms with E-state index in [2.05, 4.69) is 15.3 Å². The molecule has 0 aliphatic carbocycles. The molecule has 20 heavy (non-hydrogen) atoms. The van der Waals surface area contributed by atoms with E-state index in [1.165, 1.54) is 11.3 Å². The van der Waals surface area contributed by atoms with Gasteiger partial charge in [0.2, 0.25) is 0 Å². The van der Waals surface area contributed by atoms with Gasteiger partial charge in [-0.1, -0.05) is 17.3 Å². The zero-order valence-electron chi connectivity index (χ0n) is 10.5. The summed E-state index contributed by atoms with van der Waals surface area (Å²) in [7, 11) is 0. The number of hydrogen-bond donors (Lipinski definition) is 0. The number of amides is 1. The molecule has 3 aromatic rings. The Morgan fingerprint density at radius 1 is 1.30 bits per heavy atom. The molecular formula is C13H11N5OS. The van der Waals surface area contributed by atoms with Crippen LogP contribution >= 0.6 is 11.3 Å². The molecule has 1 saturated heterocycles. The van der Waals surface area contributed by atoms with Crippen molar-refractivity contribution < 1.29 is 4.79 Å². The van der Waals surface area contributed by atoms with Crippen LogP contribution in [0.2, 0.25) is 0 Å². The first-order valence-corrected chi connectivity index (χ1v) is 7.13. The Morgan fingerprint density at radius 2 is 2.15 bits per heavy atom. The molecule has 4 rings (SSSR count). The monoisotopic (exact) mass is 285 g/mol. The summed E-state index contributed by atoms with van der Waals surface area (Å²) >= 11 is 1.44. The average Bonchev–Trinajstić information content (AvgIpc) is 3.05. The van der Waals surface area contributed by atoms with E-state index < -0.39 is 0 Å². The average molecular weight is 285 g/mol. The highest BCUT2D eigenvalue weighted by Gasteiger charge is 2.34. The topological polar surface area (TPSA) is 63.9 Å². The van der Waals surface area contributed by atoms with Gasteiger partial charge in [-0.05, 0) is 12.1 Å². The normalized spacial score (nSPS) is 15.5. The summed E-state index contributed by atoms with van der Waals surface area (Å²) in [5.41, 5.74) is 0.884. The van der Waals surface area contributed by atoms with Gasteiger partial charge in [0.05, 0.1) is 22.5 Å². The van der Waals surface area contributed by atoms with Gasteiger partial charge in [0, 0.05) is 19.3 Å². The molecule has 1 fully saturated rings. The molecule has 0 atom stereocenters. The van der Waals surface area contributed by atoms with Crippen molar-refractivity contribution in [1.29, 1.82) is 0 Å². The van der Waals surface area contributed by atoms with Crippen LogP contribution in [0.5, 0.6) is 0 Å². The summed E-state index contributed by atoms with van der Waals surface area (Å²) in [5.74, 6) is 0.00238. The summed E-state index contributed by atoms with van der Waals surface area (Å²) in [6.07, 6.45) is 3.47. The highest BCUT2D eigenvalue weighted by molar-refractivity contribution is 7.20. The van der Waals surface area contributed by atoms with Crippen LogP contribution < -0.4 is 0 Å². The first kappa shape index (κ1) is 11.5. The van der Waals surface area contributed by atoms with E-state index >= 15 is 0 Å². The number of para-hydroxylation sites is 1. The molecule has 0 unspecified atom stereocenters. The fourth-order valence-corrected chi connectivity index (χ4v) is 3.23. The number of rotatable bonds is 2. The molecule has 100 valence electrons. The van der Waals surface area contributed by atoms with Crippen LogP contribution in [-0.2, 0) is 0 Å². The van der Waals surface area contributed by atoms with Gasteiger partial charge < -0.3 is 4.90 Å². The molecule has 0 bridgehead atoms. The number of aromatic nitrogens is 4. The minimum Gasteiger partial charge on any atom is -0.332 e. The van der Waals surface area contributed by atoms with Crippen LogP contribution in [0.25, 0.3) is 10.2 Å². The predicted molar refractivity (Wildman–Crippen MR) is 74.6 cm³/mol. The number of carbonyl (C=O) groups is 1. The number of nitrogens with zero attached hydrogens (tertiary/aromatic N) is 5. The maximum absolute atomic E-state index is 12.3. The lowest BCUT2D eigenvalue weighted by atomic mass is 10.1. The lowest BCUT2D eigenvalue weighted by molar-refractivity contribution is 0.0498. The standard InChI is InChI=1S/C13H11N5OS/c19-13(12-15-10-3-1-2-4-11(10)20-12)17-7-9(8-17)18-6-5-14-16-18/h1-6,9H,7-8H2. The fraction of sp³-hybridized carbons (Fsp3) is 0.231. The lowest BCUT2D eigenvalue weighted by Crippen LogP contribution is -2.50. The minimum atomic E-state index is 0.00238. The third-order valence-electron chi connectivity index (χ3n) is 3.44. The highest BCUT2D eigenvalue weighted by Crippen LogP contribution is 2.26. The molecule has 0 N–H and O–H groups in total. The van der Waals surface area contributed by atoms with Crippen LogP contribution in [0.3, 0.4) is 0 Å². The van der Waals surface area contributed by atoms with Crippen LogP contribution in [-0.4, -0.2) is 43.9 Å². The zero-order chi connectivity index (χ0) is 13.5. The van der Waals surface area contributed by atoms with Crippen molar-refractivity contribution in [2.24, 2.45) is 0 Å². The smallest absolute Gasteiger partial charge is 0.283 e. The molecule has 0 saturated carbocycles. The summed E-state index contributed by atoms with van der Waals surface area (Å²) in [5, 5.41) is 8.29. The van der Waals surface area contributed by atoms with Gasteiger partial charge in [-0.2, -0.15) is 0 Å². The van der Waals surface area contributed by atoms with E-state index in [1.807, 2.05) is 30.5 Å². The first-order chi connectivity index (χ1) is 9.81. The molecule has 1 aromatic carbocycles. The van der Waals surface area contributed by atoms with Gasteiger partial charge >= 0.3 is 0 Å².